The molecule has 92 valence electrons. The van der Waals surface area contributed by atoms with Gasteiger partial charge in [0.2, 0.25) is 0 Å². The fraction of sp³-hybridized carbons (Fsp3) is 0.818. The third-order valence-corrected chi connectivity index (χ3v) is 2.09. The summed E-state index contributed by atoms with van der Waals surface area (Å²) >= 11 is 0. The van der Waals surface area contributed by atoms with Crippen molar-refractivity contribution >= 4 is 12.1 Å². The Bertz CT molecular complexity index is 300. The highest BCUT2D eigenvalue weighted by Crippen LogP contribution is 2.26. The third-order valence-electron chi connectivity index (χ3n) is 2.09. The Morgan fingerprint density at radius 1 is 1.25 bits per heavy atom. The number of likely N-dealkylation sites (tertiary alicyclic amines) is 1. The molecular formula is C11H19NO4. The van der Waals surface area contributed by atoms with Crippen molar-refractivity contribution in [1.82, 2.24) is 4.90 Å². The van der Waals surface area contributed by atoms with Crippen molar-refractivity contribution < 1.29 is 19.1 Å². The van der Waals surface area contributed by atoms with Gasteiger partial charge in [-0.3, -0.25) is 4.79 Å². The molecule has 5 nitrogen and oxygen atoms in total. The predicted octanol–water partition coefficient (Wildman–Crippen LogP) is 1.56. The quantitative estimate of drug-likeness (QED) is 0.640. The summed E-state index contributed by atoms with van der Waals surface area (Å²) in [5, 5.41) is 0. The highest BCUT2D eigenvalue weighted by Gasteiger charge is 2.45. The fourth-order valence-electron chi connectivity index (χ4n) is 1.63. The Morgan fingerprint density at radius 3 is 2.12 bits per heavy atom. The van der Waals surface area contributed by atoms with Crippen LogP contribution in [0.25, 0.3) is 0 Å². The average Bonchev–Trinajstić information content (AvgIpc) is 1.94. The summed E-state index contributed by atoms with van der Waals surface area (Å²) < 4.78 is 10.3. The van der Waals surface area contributed by atoms with Crippen molar-refractivity contribution in [3.63, 3.8) is 0 Å². The molecule has 0 atom stereocenters. The number of carbonyl (C=O) groups is 2. The number of hydrogen-bond donors (Lipinski definition) is 0. The number of hydrogen-bond acceptors (Lipinski definition) is 4. The van der Waals surface area contributed by atoms with Crippen LogP contribution in [-0.2, 0) is 14.3 Å². The van der Waals surface area contributed by atoms with Crippen molar-refractivity contribution in [3.05, 3.63) is 0 Å². The van der Waals surface area contributed by atoms with E-state index in [4.69, 9.17) is 9.47 Å². The van der Waals surface area contributed by atoms with Crippen LogP contribution in [0.15, 0.2) is 0 Å². The molecule has 1 aliphatic rings. The Morgan fingerprint density at radius 2 is 1.75 bits per heavy atom. The zero-order valence-corrected chi connectivity index (χ0v) is 10.5. The van der Waals surface area contributed by atoms with Crippen LogP contribution in [0.5, 0.6) is 0 Å². The molecule has 1 amide bonds. The second-order valence-electron chi connectivity index (χ2n) is 5.38. The van der Waals surface area contributed by atoms with E-state index in [2.05, 4.69) is 0 Å². The smallest absolute Gasteiger partial charge is 0.410 e. The van der Waals surface area contributed by atoms with Gasteiger partial charge < -0.3 is 14.4 Å². The lowest BCUT2D eigenvalue weighted by Gasteiger charge is -2.46. The lowest BCUT2D eigenvalue weighted by atomic mass is 9.97. The van der Waals surface area contributed by atoms with E-state index in [-0.39, 0.29) is 12.1 Å². The summed E-state index contributed by atoms with van der Waals surface area (Å²) in [5.41, 5.74) is -1.05. The molecule has 0 N–H and O–H groups in total. The van der Waals surface area contributed by atoms with Gasteiger partial charge in [-0.25, -0.2) is 4.79 Å². The minimum atomic E-state index is -0.553. The summed E-state index contributed by atoms with van der Waals surface area (Å²) in [6.45, 7) is 9.39. The molecule has 5 heteroatoms. The molecule has 0 spiro atoms. The van der Waals surface area contributed by atoms with Gasteiger partial charge in [0.15, 0.2) is 0 Å². The van der Waals surface area contributed by atoms with E-state index in [0.717, 1.165) is 0 Å². The zero-order chi connectivity index (χ0) is 12.6. The summed E-state index contributed by atoms with van der Waals surface area (Å²) in [6.07, 6.45) is -0.364. The lowest BCUT2D eigenvalue weighted by molar-refractivity contribution is -0.171. The Balaban J connectivity index is 2.41. The largest absolute Gasteiger partial charge is 0.456 e. The monoisotopic (exact) mass is 229 g/mol. The number of carbonyl (C=O) groups excluding carboxylic acids is 2. The summed E-state index contributed by atoms with van der Waals surface area (Å²) in [6, 6.07) is 0. The summed E-state index contributed by atoms with van der Waals surface area (Å²) in [7, 11) is 0. The first-order valence-corrected chi connectivity index (χ1v) is 5.29. The van der Waals surface area contributed by atoms with Crippen molar-refractivity contribution in [3.8, 4) is 0 Å². The van der Waals surface area contributed by atoms with E-state index < -0.39 is 11.2 Å². The van der Waals surface area contributed by atoms with Gasteiger partial charge >= 0.3 is 12.1 Å². The van der Waals surface area contributed by atoms with Crippen LogP contribution >= 0.6 is 0 Å². The van der Waals surface area contributed by atoms with Gasteiger partial charge in [-0.15, -0.1) is 0 Å². The number of rotatable bonds is 1. The third kappa shape index (κ3) is 3.40. The normalized spacial score (nSPS) is 18.7. The SMILES string of the molecule is CC(=O)OC1(C)CN(C(=O)OC(C)(C)C)C1. The van der Waals surface area contributed by atoms with E-state index in [1.54, 1.807) is 6.92 Å². The molecular weight excluding hydrogens is 210 g/mol. The van der Waals surface area contributed by atoms with E-state index in [9.17, 15) is 9.59 Å². The second kappa shape index (κ2) is 3.96. The molecule has 0 bridgehead atoms. The minimum Gasteiger partial charge on any atom is -0.456 e. The predicted molar refractivity (Wildman–Crippen MR) is 58.0 cm³/mol. The van der Waals surface area contributed by atoms with Gasteiger partial charge in [0.25, 0.3) is 0 Å². The molecule has 16 heavy (non-hydrogen) atoms. The van der Waals surface area contributed by atoms with Crippen molar-refractivity contribution in [2.75, 3.05) is 13.1 Å². The van der Waals surface area contributed by atoms with Crippen LogP contribution in [0.2, 0.25) is 0 Å². The molecule has 0 saturated carbocycles. The number of amides is 1. The van der Waals surface area contributed by atoms with Crippen LogP contribution < -0.4 is 0 Å². The molecule has 1 fully saturated rings. The van der Waals surface area contributed by atoms with Gasteiger partial charge in [-0.05, 0) is 27.7 Å². The molecule has 1 saturated heterocycles. The van der Waals surface area contributed by atoms with E-state index in [1.165, 1.54) is 11.8 Å². The molecule has 0 aromatic carbocycles. The molecule has 1 rings (SSSR count). The molecule has 0 aromatic heterocycles. The molecule has 0 unspecified atom stereocenters. The van der Waals surface area contributed by atoms with Crippen molar-refractivity contribution in [1.29, 1.82) is 0 Å². The van der Waals surface area contributed by atoms with Crippen LogP contribution in [0, 0.1) is 0 Å². The fourth-order valence-corrected chi connectivity index (χ4v) is 1.63. The maximum Gasteiger partial charge on any atom is 0.410 e. The molecule has 0 aromatic rings. The minimum absolute atomic E-state index is 0.327. The zero-order valence-electron chi connectivity index (χ0n) is 10.5. The highest BCUT2D eigenvalue weighted by molar-refractivity contribution is 5.71. The Kier molecular flexibility index (Phi) is 3.17. The van der Waals surface area contributed by atoms with Gasteiger partial charge in [-0.1, -0.05) is 0 Å². The van der Waals surface area contributed by atoms with E-state index >= 15 is 0 Å². The summed E-state index contributed by atoms with van der Waals surface area (Å²) in [4.78, 5) is 23.9. The van der Waals surface area contributed by atoms with E-state index in [1.807, 2.05) is 20.8 Å². The Labute approximate surface area is 95.7 Å². The van der Waals surface area contributed by atoms with Gasteiger partial charge in [0, 0.05) is 6.92 Å². The first-order chi connectivity index (χ1) is 7.11. The number of esters is 1. The standard InChI is InChI=1S/C11H19NO4/c1-8(13)15-11(5)6-12(7-11)9(14)16-10(2,3)4/h6-7H2,1-5H3. The lowest BCUT2D eigenvalue weighted by Crippen LogP contribution is -2.64. The van der Waals surface area contributed by atoms with Crippen molar-refractivity contribution in [2.24, 2.45) is 0 Å². The average molecular weight is 229 g/mol. The van der Waals surface area contributed by atoms with Gasteiger partial charge in [-0.2, -0.15) is 0 Å². The topological polar surface area (TPSA) is 55.8 Å². The maximum atomic E-state index is 11.6. The summed E-state index contributed by atoms with van der Waals surface area (Å²) in [5.74, 6) is -0.327. The number of nitrogens with zero attached hydrogens (tertiary/aromatic N) is 1. The van der Waals surface area contributed by atoms with Gasteiger partial charge in [0.1, 0.15) is 11.2 Å². The molecule has 1 aliphatic heterocycles. The molecule has 0 aliphatic carbocycles. The van der Waals surface area contributed by atoms with Crippen LogP contribution in [0.4, 0.5) is 4.79 Å². The van der Waals surface area contributed by atoms with Crippen LogP contribution in [0.3, 0.4) is 0 Å². The van der Waals surface area contributed by atoms with Crippen LogP contribution in [-0.4, -0.2) is 41.3 Å². The first kappa shape index (κ1) is 12.8. The van der Waals surface area contributed by atoms with Gasteiger partial charge in [0.05, 0.1) is 13.1 Å². The van der Waals surface area contributed by atoms with E-state index in [0.29, 0.717) is 13.1 Å². The number of ether oxygens (including phenoxy) is 2. The van der Waals surface area contributed by atoms with Crippen molar-refractivity contribution in [2.45, 2.75) is 45.8 Å². The first-order valence-electron chi connectivity index (χ1n) is 5.29. The highest BCUT2D eigenvalue weighted by atomic mass is 16.6. The molecule has 0 radical (unpaired) electrons. The Hall–Kier alpha value is -1.26. The molecule has 1 heterocycles. The maximum absolute atomic E-state index is 11.6. The van der Waals surface area contributed by atoms with Crippen LogP contribution in [0.1, 0.15) is 34.6 Å². The second-order valence-corrected chi connectivity index (χ2v) is 5.38.